The van der Waals surface area contributed by atoms with Crippen LogP contribution in [0.15, 0.2) is 71.6 Å². The molecule has 3 aromatic rings. The van der Waals surface area contributed by atoms with Gasteiger partial charge in [-0.1, -0.05) is 53.5 Å². The molecule has 1 heterocycles. The van der Waals surface area contributed by atoms with Crippen LogP contribution in [0.4, 0.5) is 11.4 Å². The average Bonchev–Trinajstić information content (AvgIpc) is 3.06. The fraction of sp³-hybridized carbons (Fsp3) is 0.0909. The van der Waals surface area contributed by atoms with E-state index in [1.165, 1.54) is 24.3 Å². The van der Waals surface area contributed by atoms with Crippen LogP contribution >= 0.6 is 23.2 Å². The number of para-hydroxylation sites is 1. The number of carbonyl (C=O) groups excluding carboxylic acids is 2. The molecule has 0 spiro atoms. The Balaban J connectivity index is 1.51. The van der Waals surface area contributed by atoms with E-state index in [1.807, 2.05) is 0 Å². The normalized spacial score (nSPS) is 15.1. The number of nitrogens with one attached hydrogen (secondary N) is 2. The third-order valence-electron chi connectivity index (χ3n) is 4.77. The standard InChI is InChI=1S/C22H16Cl2N2O5S/c23-16-7-3-4-8-18(16)26-32(29,30)20-11-13(9-10-17(20)24)25-21(27)12-19-14-5-1-2-6-15(14)22(28)31-19/h1-11,19,26H,12H2,(H,25,27)/t19-/m1/s1. The second-order valence-corrected chi connectivity index (χ2v) is 9.43. The second-order valence-electron chi connectivity index (χ2n) is 6.96. The summed E-state index contributed by atoms with van der Waals surface area (Å²) in [6.07, 6.45) is -0.832. The van der Waals surface area contributed by atoms with Crippen LogP contribution in [0.5, 0.6) is 0 Å². The molecule has 0 fully saturated rings. The highest BCUT2D eigenvalue weighted by atomic mass is 35.5. The van der Waals surface area contributed by atoms with Gasteiger partial charge in [0.05, 0.1) is 27.7 Å². The molecule has 10 heteroatoms. The number of amides is 1. The molecular weight excluding hydrogens is 475 g/mol. The van der Waals surface area contributed by atoms with Crippen LogP contribution in [0.1, 0.15) is 28.4 Å². The Bertz CT molecular complexity index is 1330. The van der Waals surface area contributed by atoms with Crippen LogP contribution in [-0.4, -0.2) is 20.3 Å². The lowest BCUT2D eigenvalue weighted by Crippen LogP contribution is -2.17. The van der Waals surface area contributed by atoms with Crippen molar-refractivity contribution in [2.24, 2.45) is 0 Å². The van der Waals surface area contributed by atoms with Crippen molar-refractivity contribution in [3.63, 3.8) is 0 Å². The number of rotatable bonds is 6. The maximum Gasteiger partial charge on any atom is 0.339 e. The first kappa shape index (κ1) is 22.1. The zero-order chi connectivity index (χ0) is 22.9. The van der Waals surface area contributed by atoms with Crippen LogP contribution in [-0.2, 0) is 19.6 Å². The molecule has 1 aliphatic rings. The number of esters is 1. The Morgan fingerprint density at radius 3 is 2.47 bits per heavy atom. The number of ether oxygens (including phenoxy) is 1. The number of sulfonamides is 1. The van der Waals surface area contributed by atoms with Crippen molar-refractivity contribution in [1.29, 1.82) is 0 Å². The van der Waals surface area contributed by atoms with Crippen LogP contribution in [0, 0.1) is 0 Å². The van der Waals surface area contributed by atoms with Crippen LogP contribution in [0.3, 0.4) is 0 Å². The monoisotopic (exact) mass is 490 g/mol. The molecule has 0 saturated carbocycles. The van der Waals surface area contributed by atoms with E-state index in [0.717, 1.165) is 0 Å². The smallest absolute Gasteiger partial charge is 0.339 e. The van der Waals surface area contributed by atoms with Gasteiger partial charge in [-0.3, -0.25) is 9.52 Å². The number of hydrogen-bond acceptors (Lipinski definition) is 5. The third kappa shape index (κ3) is 4.57. The number of cyclic esters (lactones) is 1. The number of benzene rings is 3. The minimum Gasteiger partial charge on any atom is -0.453 e. The minimum absolute atomic E-state index is 0.0267. The van der Waals surface area contributed by atoms with Crippen LogP contribution in [0.25, 0.3) is 0 Å². The van der Waals surface area contributed by atoms with Gasteiger partial charge < -0.3 is 10.1 Å². The molecule has 0 radical (unpaired) electrons. The van der Waals surface area contributed by atoms with Crippen molar-refractivity contribution in [3.05, 3.63) is 87.9 Å². The molecule has 0 unspecified atom stereocenters. The molecular formula is C22H16Cl2N2O5S. The van der Waals surface area contributed by atoms with E-state index in [-0.39, 0.29) is 32.7 Å². The minimum atomic E-state index is -4.08. The highest BCUT2D eigenvalue weighted by molar-refractivity contribution is 7.92. The molecule has 4 rings (SSSR count). The summed E-state index contributed by atoms with van der Waals surface area (Å²) in [5, 5.41) is 2.82. The van der Waals surface area contributed by atoms with Crippen LogP contribution in [0.2, 0.25) is 10.0 Å². The lowest BCUT2D eigenvalue weighted by molar-refractivity contribution is -0.118. The highest BCUT2D eigenvalue weighted by Gasteiger charge is 2.32. The number of fused-ring (bicyclic) bond motifs is 1. The van der Waals surface area contributed by atoms with Crippen molar-refractivity contribution in [2.75, 3.05) is 10.0 Å². The molecule has 32 heavy (non-hydrogen) atoms. The lowest BCUT2D eigenvalue weighted by Gasteiger charge is -2.14. The molecule has 0 aromatic heterocycles. The summed E-state index contributed by atoms with van der Waals surface area (Å²) in [5.74, 6) is -0.937. The quantitative estimate of drug-likeness (QED) is 0.471. The molecule has 164 valence electrons. The Labute approximate surface area is 194 Å². The summed E-state index contributed by atoms with van der Waals surface area (Å²) in [6.45, 7) is 0. The van der Waals surface area contributed by atoms with E-state index in [9.17, 15) is 18.0 Å². The van der Waals surface area contributed by atoms with E-state index in [4.69, 9.17) is 27.9 Å². The Kier molecular flexibility index (Phi) is 6.10. The SMILES string of the molecule is O=C(C[C@H]1OC(=O)c2ccccc21)Nc1ccc(Cl)c(S(=O)(=O)Nc2ccccc2Cl)c1. The third-order valence-corrected chi connectivity index (χ3v) is 6.95. The van der Waals surface area contributed by atoms with Gasteiger partial charge in [0.2, 0.25) is 5.91 Å². The molecule has 0 aliphatic carbocycles. The molecule has 0 saturated heterocycles. The van der Waals surface area contributed by atoms with Gasteiger partial charge >= 0.3 is 5.97 Å². The maximum absolute atomic E-state index is 12.8. The predicted molar refractivity (Wildman–Crippen MR) is 122 cm³/mol. The van der Waals surface area contributed by atoms with Crippen molar-refractivity contribution >= 4 is 56.5 Å². The van der Waals surface area contributed by atoms with Crippen molar-refractivity contribution in [3.8, 4) is 0 Å². The van der Waals surface area contributed by atoms with E-state index < -0.39 is 28.0 Å². The zero-order valence-corrected chi connectivity index (χ0v) is 18.7. The first-order valence-electron chi connectivity index (χ1n) is 9.41. The average molecular weight is 491 g/mol. The maximum atomic E-state index is 12.8. The number of hydrogen-bond donors (Lipinski definition) is 2. The Morgan fingerprint density at radius 2 is 1.69 bits per heavy atom. The van der Waals surface area contributed by atoms with Crippen LogP contribution < -0.4 is 10.0 Å². The summed E-state index contributed by atoms with van der Waals surface area (Å²) in [4.78, 5) is 24.3. The first-order chi connectivity index (χ1) is 15.2. The molecule has 1 aliphatic heterocycles. The number of halogens is 2. The van der Waals surface area contributed by atoms with Crippen molar-refractivity contribution < 1.29 is 22.7 Å². The predicted octanol–water partition coefficient (Wildman–Crippen LogP) is 5.03. The van der Waals surface area contributed by atoms with Crippen molar-refractivity contribution in [1.82, 2.24) is 0 Å². The lowest BCUT2D eigenvalue weighted by atomic mass is 10.0. The number of carbonyl (C=O) groups is 2. The van der Waals surface area contributed by atoms with E-state index >= 15 is 0 Å². The van der Waals surface area contributed by atoms with E-state index in [1.54, 1.807) is 42.5 Å². The van der Waals surface area contributed by atoms with Gasteiger partial charge in [0.15, 0.2) is 0 Å². The summed E-state index contributed by atoms with van der Waals surface area (Å²) >= 11 is 12.1. The van der Waals surface area contributed by atoms with E-state index in [2.05, 4.69) is 10.0 Å². The second kappa shape index (κ2) is 8.82. The van der Waals surface area contributed by atoms with Gasteiger partial charge in [0.25, 0.3) is 10.0 Å². The fourth-order valence-corrected chi connectivity index (χ4v) is 5.13. The Morgan fingerprint density at radius 1 is 0.969 bits per heavy atom. The molecule has 2 N–H and O–H groups in total. The summed E-state index contributed by atoms with van der Waals surface area (Å²) in [6, 6.07) is 17.3. The van der Waals surface area contributed by atoms with Gasteiger partial charge in [-0.05, 0) is 36.4 Å². The summed E-state index contributed by atoms with van der Waals surface area (Å²) < 4.78 is 33.3. The van der Waals surface area contributed by atoms with E-state index in [0.29, 0.717) is 11.1 Å². The van der Waals surface area contributed by atoms with Gasteiger partial charge in [-0.15, -0.1) is 0 Å². The molecule has 0 bridgehead atoms. The van der Waals surface area contributed by atoms with Gasteiger partial charge in [-0.2, -0.15) is 0 Å². The molecule has 3 aromatic carbocycles. The molecule has 1 atom stereocenters. The number of anilines is 2. The Hall–Kier alpha value is -3.07. The van der Waals surface area contributed by atoms with Gasteiger partial charge in [0, 0.05) is 11.3 Å². The first-order valence-corrected chi connectivity index (χ1v) is 11.6. The highest BCUT2D eigenvalue weighted by Crippen LogP contribution is 2.33. The van der Waals surface area contributed by atoms with Crippen molar-refractivity contribution in [2.45, 2.75) is 17.4 Å². The zero-order valence-electron chi connectivity index (χ0n) is 16.3. The fourth-order valence-electron chi connectivity index (χ4n) is 3.28. The molecule has 1 amide bonds. The molecule has 7 nitrogen and oxygen atoms in total. The van der Waals surface area contributed by atoms with Gasteiger partial charge in [0.1, 0.15) is 11.0 Å². The largest absolute Gasteiger partial charge is 0.453 e. The summed E-state index contributed by atoms with van der Waals surface area (Å²) in [5.41, 5.74) is 1.48. The summed E-state index contributed by atoms with van der Waals surface area (Å²) in [7, 11) is -4.08. The topological polar surface area (TPSA) is 102 Å². The van der Waals surface area contributed by atoms with Gasteiger partial charge in [-0.25, -0.2) is 13.2 Å².